The van der Waals surface area contributed by atoms with Gasteiger partial charge in [-0.05, 0) is 19.1 Å². The van der Waals surface area contributed by atoms with Crippen LogP contribution in [0.15, 0.2) is 18.2 Å². The molecule has 6 heteroatoms. The zero-order valence-electron chi connectivity index (χ0n) is 10.4. The number of carbonyl (C=O) groups excluding carboxylic acids is 1. The van der Waals surface area contributed by atoms with Gasteiger partial charge in [0.05, 0.1) is 22.8 Å². The lowest BCUT2D eigenvalue weighted by molar-refractivity contribution is -0.0560. The quantitative estimate of drug-likeness (QED) is 0.767. The van der Waals surface area contributed by atoms with Crippen LogP contribution in [0.1, 0.15) is 17.3 Å². The van der Waals surface area contributed by atoms with Crippen LogP contribution in [0.3, 0.4) is 0 Å². The predicted octanol–water partition coefficient (Wildman–Crippen LogP) is 3.10. The standard InChI is InChI=1S/C13H14BrClFNO2/c1-8-6-17(7-9(5-14)19-8)13(18)10-3-2-4-11(15)12(10)16/h2-4,8-9H,5-7H2,1H3. The van der Waals surface area contributed by atoms with Crippen molar-refractivity contribution in [1.29, 1.82) is 0 Å². The molecule has 0 spiro atoms. The van der Waals surface area contributed by atoms with Gasteiger partial charge in [0.2, 0.25) is 0 Å². The second kappa shape index (κ2) is 6.20. The molecule has 104 valence electrons. The number of halogens is 3. The molecule has 1 fully saturated rings. The van der Waals surface area contributed by atoms with E-state index in [9.17, 15) is 9.18 Å². The van der Waals surface area contributed by atoms with Crippen molar-refractivity contribution in [2.24, 2.45) is 0 Å². The zero-order valence-corrected chi connectivity index (χ0v) is 12.7. The van der Waals surface area contributed by atoms with Crippen LogP contribution in [0.25, 0.3) is 0 Å². The van der Waals surface area contributed by atoms with E-state index in [1.807, 2.05) is 6.92 Å². The van der Waals surface area contributed by atoms with Crippen LogP contribution in [-0.2, 0) is 4.74 Å². The summed E-state index contributed by atoms with van der Waals surface area (Å²) in [5, 5.41) is 0.600. The maximum atomic E-state index is 13.9. The van der Waals surface area contributed by atoms with Crippen molar-refractivity contribution in [1.82, 2.24) is 4.90 Å². The van der Waals surface area contributed by atoms with Gasteiger partial charge in [-0.25, -0.2) is 4.39 Å². The molecule has 2 rings (SSSR count). The molecule has 0 radical (unpaired) electrons. The maximum absolute atomic E-state index is 13.9. The van der Waals surface area contributed by atoms with Gasteiger partial charge in [0.1, 0.15) is 0 Å². The SMILES string of the molecule is CC1CN(C(=O)c2cccc(Cl)c2F)CC(CBr)O1. The van der Waals surface area contributed by atoms with Gasteiger partial charge in [-0.1, -0.05) is 33.6 Å². The Bertz CT molecular complexity index is 486. The third kappa shape index (κ3) is 3.27. The van der Waals surface area contributed by atoms with Gasteiger partial charge in [-0.3, -0.25) is 4.79 Å². The highest BCUT2D eigenvalue weighted by molar-refractivity contribution is 9.09. The van der Waals surface area contributed by atoms with Crippen molar-refractivity contribution < 1.29 is 13.9 Å². The molecule has 0 bridgehead atoms. The molecule has 1 aromatic carbocycles. The number of alkyl halides is 1. The Hall–Kier alpha value is -0.650. The minimum Gasteiger partial charge on any atom is -0.371 e. The molecule has 0 saturated carbocycles. The highest BCUT2D eigenvalue weighted by atomic mass is 79.9. The Morgan fingerprint density at radius 3 is 3.00 bits per heavy atom. The van der Waals surface area contributed by atoms with E-state index in [4.69, 9.17) is 16.3 Å². The summed E-state index contributed by atoms with van der Waals surface area (Å²) >= 11 is 9.04. The van der Waals surface area contributed by atoms with Gasteiger partial charge in [-0.15, -0.1) is 0 Å². The summed E-state index contributed by atoms with van der Waals surface area (Å²) in [4.78, 5) is 13.9. The second-order valence-electron chi connectivity index (χ2n) is 4.53. The lowest BCUT2D eigenvalue weighted by Crippen LogP contribution is -2.49. The normalized spacial score (nSPS) is 23.5. The van der Waals surface area contributed by atoms with Gasteiger partial charge < -0.3 is 9.64 Å². The van der Waals surface area contributed by atoms with Crippen molar-refractivity contribution in [3.05, 3.63) is 34.6 Å². The Balaban J connectivity index is 2.21. The molecule has 1 aromatic rings. The summed E-state index contributed by atoms with van der Waals surface area (Å²) in [6.45, 7) is 2.79. The third-order valence-electron chi connectivity index (χ3n) is 2.97. The van der Waals surface area contributed by atoms with E-state index >= 15 is 0 Å². The Morgan fingerprint density at radius 2 is 2.32 bits per heavy atom. The fourth-order valence-corrected chi connectivity index (χ4v) is 2.67. The van der Waals surface area contributed by atoms with E-state index in [1.165, 1.54) is 12.1 Å². The molecule has 2 atom stereocenters. The minimum atomic E-state index is -0.663. The molecule has 3 nitrogen and oxygen atoms in total. The Morgan fingerprint density at radius 1 is 1.58 bits per heavy atom. The number of benzene rings is 1. The summed E-state index contributed by atoms with van der Waals surface area (Å²) in [6.07, 6.45) is -0.141. The molecule has 1 saturated heterocycles. The van der Waals surface area contributed by atoms with Crippen LogP contribution < -0.4 is 0 Å². The number of hydrogen-bond acceptors (Lipinski definition) is 2. The first-order valence-corrected chi connectivity index (χ1v) is 7.47. The fourth-order valence-electron chi connectivity index (χ4n) is 2.14. The summed E-state index contributed by atoms with van der Waals surface area (Å²) < 4.78 is 19.5. The highest BCUT2D eigenvalue weighted by Crippen LogP contribution is 2.21. The number of carbonyl (C=O) groups is 1. The first-order valence-electron chi connectivity index (χ1n) is 5.97. The van der Waals surface area contributed by atoms with Crippen LogP contribution in [0.2, 0.25) is 5.02 Å². The summed E-state index contributed by atoms with van der Waals surface area (Å²) in [5.41, 5.74) is 0.00919. The first-order chi connectivity index (χ1) is 9.02. The van der Waals surface area contributed by atoms with Crippen LogP contribution in [0, 0.1) is 5.82 Å². The lowest BCUT2D eigenvalue weighted by Gasteiger charge is -2.36. The van der Waals surface area contributed by atoms with Gasteiger partial charge >= 0.3 is 0 Å². The number of nitrogens with zero attached hydrogens (tertiary/aromatic N) is 1. The molecular weight excluding hydrogens is 337 g/mol. The van der Waals surface area contributed by atoms with Crippen LogP contribution in [0.5, 0.6) is 0 Å². The van der Waals surface area contributed by atoms with E-state index in [0.29, 0.717) is 18.4 Å². The highest BCUT2D eigenvalue weighted by Gasteiger charge is 2.29. The summed E-state index contributed by atoms with van der Waals surface area (Å²) in [5.74, 6) is -1.01. The molecule has 0 aromatic heterocycles. The summed E-state index contributed by atoms with van der Waals surface area (Å²) in [7, 11) is 0. The van der Waals surface area contributed by atoms with Crippen molar-refractivity contribution in [2.75, 3.05) is 18.4 Å². The largest absolute Gasteiger partial charge is 0.371 e. The van der Waals surface area contributed by atoms with Gasteiger partial charge in [-0.2, -0.15) is 0 Å². The average molecular weight is 351 g/mol. The van der Waals surface area contributed by atoms with Crippen LogP contribution in [0.4, 0.5) is 4.39 Å². The lowest BCUT2D eigenvalue weighted by atomic mass is 10.1. The van der Waals surface area contributed by atoms with E-state index in [2.05, 4.69) is 15.9 Å². The molecule has 2 unspecified atom stereocenters. The molecule has 1 aliphatic heterocycles. The van der Waals surface area contributed by atoms with Gasteiger partial charge in [0, 0.05) is 18.4 Å². The van der Waals surface area contributed by atoms with Crippen LogP contribution in [-0.4, -0.2) is 41.4 Å². The number of morpholine rings is 1. The van der Waals surface area contributed by atoms with E-state index in [-0.39, 0.29) is 28.7 Å². The number of hydrogen-bond donors (Lipinski definition) is 0. The number of rotatable bonds is 2. The fraction of sp³-hybridized carbons (Fsp3) is 0.462. The van der Waals surface area contributed by atoms with E-state index in [1.54, 1.807) is 11.0 Å². The molecule has 0 N–H and O–H groups in total. The van der Waals surface area contributed by atoms with Gasteiger partial charge in [0.25, 0.3) is 5.91 Å². The Labute approximate surface area is 124 Å². The average Bonchev–Trinajstić information content (AvgIpc) is 2.40. The van der Waals surface area contributed by atoms with Crippen molar-refractivity contribution >= 4 is 33.4 Å². The predicted molar refractivity (Wildman–Crippen MR) is 75.4 cm³/mol. The topological polar surface area (TPSA) is 29.5 Å². The molecule has 1 amide bonds. The molecule has 1 aliphatic rings. The number of ether oxygens (including phenoxy) is 1. The third-order valence-corrected chi connectivity index (χ3v) is 3.98. The minimum absolute atomic E-state index is 0.00919. The Kier molecular flexibility index (Phi) is 4.81. The maximum Gasteiger partial charge on any atom is 0.257 e. The van der Waals surface area contributed by atoms with Crippen molar-refractivity contribution in [3.63, 3.8) is 0 Å². The van der Waals surface area contributed by atoms with E-state index in [0.717, 1.165) is 0 Å². The van der Waals surface area contributed by atoms with Gasteiger partial charge in [0.15, 0.2) is 5.82 Å². The second-order valence-corrected chi connectivity index (χ2v) is 5.59. The summed E-state index contributed by atoms with van der Waals surface area (Å²) in [6, 6.07) is 4.45. The molecular formula is C13H14BrClFNO2. The molecule has 19 heavy (non-hydrogen) atoms. The first kappa shape index (κ1) is 14.8. The molecule has 1 heterocycles. The van der Waals surface area contributed by atoms with Crippen molar-refractivity contribution in [3.8, 4) is 0 Å². The smallest absolute Gasteiger partial charge is 0.257 e. The van der Waals surface area contributed by atoms with E-state index < -0.39 is 5.82 Å². The monoisotopic (exact) mass is 349 g/mol. The van der Waals surface area contributed by atoms with Crippen LogP contribution >= 0.6 is 27.5 Å². The van der Waals surface area contributed by atoms with Crippen molar-refractivity contribution in [2.45, 2.75) is 19.1 Å². The zero-order chi connectivity index (χ0) is 14.0. The molecule has 0 aliphatic carbocycles. The number of amides is 1.